The van der Waals surface area contributed by atoms with Crippen LogP contribution in [0.3, 0.4) is 0 Å². The van der Waals surface area contributed by atoms with Crippen LogP contribution in [-0.4, -0.2) is 30.5 Å². The van der Waals surface area contributed by atoms with E-state index in [1.54, 1.807) is 24.3 Å². The average Bonchev–Trinajstić information content (AvgIpc) is 2.80. The highest BCUT2D eigenvalue weighted by atomic mass is 16.5. The Balaban J connectivity index is 2.05. The minimum Gasteiger partial charge on any atom is -0.494 e. The van der Waals surface area contributed by atoms with Crippen LogP contribution >= 0.6 is 0 Å². The predicted molar refractivity (Wildman–Crippen MR) is 78.3 cm³/mol. The zero-order valence-corrected chi connectivity index (χ0v) is 12.6. The van der Waals surface area contributed by atoms with Crippen LogP contribution in [0.1, 0.15) is 38.2 Å². The van der Waals surface area contributed by atoms with E-state index in [2.05, 4.69) is 5.32 Å². The predicted octanol–water partition coefficient (Wildman–Crippen LogP) is 1.54. The standard InChI is InChI=1S/C16H19NO5/c1-3-12(10-5-7-11(8-6-10)21-4-2)16(20)22-13-9-14(18)17-15(13)19/h5-8,12-13H,3-4,9H2,1-2H3,(H,17,18,19). The van der Waals surface area contributed by atoms with Crippen molar-refractivity contribution in [2.24, 2.45) is 0 Å². The maximum Gasteiger partial charge on any atom is 0.314 e. The monoisotopic (exact) mass is 305 g/mol. The molecular weight excluding hydrogens is 286 g/mol. The van der Waals surface area contributed by atoms with E-state index >= 15 is 0 Å². The molecule has 0 radical (unpaired) electrons. The van der Waals surface area contributed by atoms with E-state index in [9.17, 15) is 14.4 Å². The Morgan fingerprint density at radius 2 is 1.95 bits per heavy atom. The fraction of sp³-hybridized carbons (Fsp3) is 0.438. The molecule has 0 aromatic heterocycles. The quantitative estimate of drug-likeness (QED) is 0.637. The van der Waals surface area contributed by atoms with Crippen LogP contribution in [0.4, 0.5) is 0 Å². The number of rotatable bonds is 6. The molecule has 1 heterocycles. The van der Waals surface area contributed by atoms with Crippen LogP contribution in [0.25, 0.3) is 0 Å². The summed E-state index contributed by atoms with van der Waals surface area (Å²) in [6.45, 7) is 4.33. The largest absolute Gasteiger partial charge is 0.494 e. The number of ether oxygens (including phenoxy) is 2. The summed E-state index contributed by atoms with van der Waals surface area (Å²) in [7, 11) is 0. The van der Waals surface area contributed by atoms with Crippen LogP contribution in [0, 0.1) is 0 Å². The second kappa shape index (κ2) is 7.06. The molecule has 2 unspecified atom stereocenters. The molecule has 1 aliphatic rings. The number of hydrogen-bond donors (Lipinski definition) is 1. The number of imide groups is 1. The molecular formula is C16H19NO5. The molecule has 0 aliphatic carbocycles. The van der Waals surface area contributed by atoms with E-state index in [1.165, 1.54) is 0 Å². The number of nitrogens with one attached hydrogen (secondary N) is 1. The molecule has 2 amide bonds. The first-order valence-corrected chi connectivity index (χ1v) is 7.32. The van der Waals surface area contributed by atoms with Gasteiger partial charge in [-0.3, -0.25) is 19.7 Å². The Morgan fingerprint density at radius 1 is 1.27 bits per heavy atom. The molecule has 2 atom stereocenters. The van der Waals surface area contributed by atoms with Crippen molar-refractivity contribution in [1.82, 2.24) is 5.32 Å². The van der Waals surface area contributed by atoms with Gasteiger partial charge in [-0.25, -0.2) is 0 Å². The Morgan fingerprint density at radius 3 is 2.45 bits per heavy atom. The maximum atomic E-state index is 12.2. The van der Waals surface area contributed by atoms with Gasteiger partial charge in [0.1, 0.15) is 5.75 Å². The molecule has 6 heteroatoms. The second-order valence-electron chi connectivity index (χ2n) is 5.00. The minimum absolute atomic E-state index is 0.107. The number of amides is 2. The summed E-state index contributed by atoms with van der Waals surface area (Å²) >= 11 is 0. The first-order valence-electron chi connectivity index (χ1n) is 7.32. The van der Waals surface area contributed by atoms with E-state index in [-0.39, 0.29) is 6.42 Å². The van der Waals surface area contributed by atoms with Gasteiger partial charge in [0.25, 0.3) is 5.91 Å². The van der Waals surface area contributed by atoms with Gasteiger partial charge in [0, 0.05) is 0 Å². The van der Waals surface area contributed by atoms with Crippen LogP contribution in [0.5, 0.6) is 5.75 Å². The van der Waals surface area contributed by atoms with E-state index in [4.69, 9.17) is 9.47 Å². The summed E-state index contributed by atoms with van der Waals surface area (Å²) < 4.78 is 10.5. The summed E-state index contributed by atoms with van der Waals surface area (Å²) in [5.41, 5.74) is 0.792. The van der Waals surface area contributed by atoms with Gasteiger partial charge in [0.2, 0.25) is 5.91 Å². The number of carbonyl (C=O) groups is 3. The Bertz CT molecular complexity index is 566. The fourth-order valence-corrected chi connectivity index (χ4v) is 2.35. The van der Waals surface area contributed by atoms with Gasteiger partial charge in [-0.2, -0.15) is 0 Å². The highest BCUT2D eigenvalue weighted by Crippen LogP contribution is 2.25. The van der Waals surface area contributed by atoms with Gasteiger partial charge in [-0.05, 0) is 31.0 Å². The lowest BCUT2D eigenvalue weighted by atomic mass is 9.96. The van der Waals surface area contributed by atoms with Crippen molar-refractivity contribution in [3.05, 3.63) is 29.8 Å². The van der Waals surface area contributed by atoms with Crippen LogP contribution in [0.2, 0.25) is 0 Å². The number of hydrogen-bond acceptors (Lipinski definition) is 5. The third-order valence-electron chi connectivity index (χ3n) is 3.47. The van der Waals surface area contributed by atoms with Crippen molar-refractivity contribution in [1.29, 1.82) is 0 Å². The van der Waals surface area contributed by atoms with Gasteiger partial charge in [0.05, 0.1) is 18.9 Å². The first-order chi connectivity index (χ1) is 10.5. The van der Waals surface area contributed by atoms with Crippen molar-refractivity contribution < 1.29 is 23.9 Å². The van der Waals surface area contributed by atoms with E-state index < -0.39 is 29.8 Å². The molecule has 0 bridgehead atoms. The smallest absolute Gasteiger partial charge is 0.314 e. The van der Waals surface area contributed by atoms with E-state index in [1.807, 2.05) is 13.8 Å². The Kier molecular flexibility index (Phi) is 5.14. The summed E-state index contributed by atoms with van der Waals surface area (Å²) in [5, 5.41) is 2.12. The SMILES string of the molecule is CCOc1ccc(C(CC)C(=O)OC2CC(=O)NC2=O)cc1. The molecule has 1 fully saturated rings. The molecule has 1 saturated heterocycles. The van der Waals surface area contributed by atoms with Crippen LogP contribution in [-0.2, 0) is 19.1 Å². The van der Waals surface area contributed by atoms with E-state index in [0.29, 0.717) is 13.0 Å². The third kappa shape index (κ3) is 3.63. The molecule has 1 aliphatic heterocycles. The zero-order chi connectivity index (χ0) is 16.1. The molecule has 1 aromatic carbocycles. The molecule has 6 nitrogen and oxygen atoms in total. The average molecular weight is 305 g/mol. The summed E-state index contributed by atoms with van der Waals surface area (Å²) in [6.07, 6.45) is -0.587. The van der Waals surface area contributed by atoms with Gasteiger partial charge in [-0.15, -0.1) is 0 Å². The summed E-state index contributed by atoms with van der Waals surface area (Å²) in [6, 6.07) is 7.20. The van der Waals surface area contributed by atoms with Crippen LogP contribution < -0.4 is 10.1 Å². The highest BCUT2D eigenvalue weighted by molar-refractivity contribution is 6.05. The molecule has 0 spiro atoms. The lowest BCUT2D eigenvalue weighted by Crippen LogP contribution is -2.30. The summed E-state index contributed by atoms with van der Waals surface area (Å²) in [4.78, 5) is 34.8. The number of esters is 1. The lowest BCUT2D eigenvalue weighted by Gasteiger charge is -2.17. The molecule has 0 saturated carbocycles. The minimum atomic E-state index is -1.02. The normalized spacial score (nSPS) is 18.7. The first kappa shape index (κ1) is 16.0. The van der Waals surface area contributed by atoms with Gasteiger partial charge < -0.3 is 9.47 Å². The van der Waals surface area contributed by atoms with Gasteiger partial charge in [0.15, 0.2) is 6.10 Å². The molecule has 1 N–H and O–H groups in total. The van der Waals surface area contributed by atoms with Crippen LogP contribution in [0.15, 0.2) is 24.3 Å². The van der Waals surface area contributed by atoms with Crippen molar-refractivity contribution in [2.45, 2.75) is 38.7 Å². The Labute approximate surface area is 128 Å². The molecule has 118 valence electrons. The van der Waals surface area contributed by atoms with Crippen molar-refractivity contribution >= 4 is 17.8 Å². The zero-order valence-electron chi connectivity index (χ0n) is 12.6. The van der Waals surface area contributed by atoms with Gasteiger partial charge >= 0.3 is 5.97 Å². The fourth-order valence-electron chi connectivity index (χ4n) is 2.35. The maximum absolute atomic E-state index is 12.2. The molecule has 22 heavy (non-hydrogen) atoms. The number of carbonyl (C=O) groups excluding carboxylic acids is 3. The Hall–Kier alpha value is -2.37. The summed E-state index contributed by atoms with van der Waals surface area (Å²) in [5.74, 6) is -1.22. The van der Waals surface area contributed by atoms with Gasteiger partial charge in [-0.1, -0.05) is 19.1 Å². The lowest BCUT2D eigenvalue weighted by molar-refractivity contribution is -0.155. The highest BCUT2D eigenvalue weighted by Gasteiger charge is 2.35. The third-order valence-corrected chi connectivity index (χ3v) is 3.47. The topological polar surface area (TPSA) is 81.7 Å². The second-order valence-corrected chi connectivity index (χ2v) is 5.00. The van der Waals surface area contributed by atoms with Crippen molar-refractivity contribution in [3.8, 4) is 5.75 Å². The molecule has 1 aromatic rings. The van der Waals surface area contributed by atoms with Crippen molar-refractivity contribution in [2.75, 3.05) is 6.61 Å². The van der Waals surface area contributed by atoms with E-state index in [0.717, 1.165) is 11.3 Å². The molecule has 2 rings (SSSR count). The van der Waals surface area contributed by atoms with Crippen molar-refractivity contribution in [3.63, 3.8) is 0 Å². The number of benzene rings is 1.